The van der Waals surface area contributed by atoms with Gasteiger partial charge in [-0.25, -0.2) is 0 Å². The smallest absolute Gasteiger partial charge is 0.0892 e. The fourth-order valence-electron chi connectivity index (χ4n) is 7.86. The van der Waals surface area contributed by atoms with Crippen LogP contribution in [0, 0.1) is 0 Å². The van der Waals surface area contributed by atoms with Gasteiger partial charge in [-0.15, -0.1) is 0 Å². The summed E-state index contributed by atoms with van der Waals surface area (Å²) < 4.78 is 0. The van der Waals surface area contributed by atoms with Gasteiger partial charge in [-0.1, -0.05) is 199 Å². The highest BCUT2D eigenvalue weighted by atomic mass is 15.1. The number of hydrogen-bond acceptors (Lipinski definition) is 4. The van der Waals surface area contributed by atoms with Crippen LogP contribution in [0.1, 0.15) is 112 Å². The molecule has 0 spiro atoms. The maximum absolute atomic E-state index is 5.03. The number of aromatic nitrogens is 2. The maximum atomic E-state index is 5.03. The van der Waals surface area contributed by atoms with Crippen molar-refractivity contribution in [1.82, 2.24) is 19.8 Å². The minimum Gasteiger partial charge on any atom is -0.371 e. The topological polar surface area (TPSA) is 32.3 Å². The van der Waals surface area contributed by atoms with Gasteiger partial charge in [0, 0.05) is 49.7 Å². The molecule has 0 radical (unpaired) electrons. The van der Waals surface area contributed by atoms with E-state index in [1.165, 1.54) is 44.8 Å². The average Bonchev–Trinajstić information content (AvgIpc) is 3.33. The Labute approximate surface area is 373 Å². The van der Waals surface area contributed by atoms with Crippen molar-refractivity contribution in [2.45, 2.75) is 79.1 Å². The van der Waals surface area contributed by atoms with Crippen LogP contribution in [0.3, 0.4) is 0 Å². The predicted octanol–water partition coefficient (Wildman–Crippen LogP) is 15.1. The van der Waals surface area contributed by atoms with Crippen molar-refractivity contribution in [3.63, 3.8) is 0 Å². The molecular weight excluding hydrogens is 753 g/mol. The summed E-state index contributed by atoms with van der Waals surface area (Å²) >= 11 is 0. The Balaban J connectivity index is 1.56. The first-order chi connectivity index (χ1) is 30.6. The summed E-state index contributed by atoms with van der Waals surface area (Å²) in [6.45, 7) is 13.1. The molecule has 0 aliphatic rings. The van der Waals surface area contributed by atoms with E-state index in [1.807, 2.05) is 12.4 Å². The monoisotopic (exact) mass is 819 g/mol. The van der Waals surface area contributed by atoms with Gasteiger partial charge in [-0.05, 0) is 83.3 Å². The van der Waals surface area contributed by atoms with E-state index in [9.17, 15) is 0 Å². The van der Waals surface area contributed by atoms with Crippen LogP contribution in [0.15, 0.2) is 170 Å². The van der Waals surface area contributed by atoms with Crippen molar-refractivity contribution in [2.24, 2.45) is 0 Å². The van der Waals surface area contributed by atoms with Crippen LogP contribution in [-0.2, 0) is 0 Å². The zero-order valence-corrected chi connectivity index (χ0v) is 37.6. The lowest BCUT2D eigenvalue weighted by Crippen LogP contribution is -2.25. The van der Waals surface area contributed by atoms with Gasteiger partial charge in [0.05, 0.1) is 22.8 Å². The number of unbranched alkanes of at least 4 members (excludes halogenated alkanes) is 4. The van der Waals surface area contributed by atoms with Gasteiger partial charge in [-0.2, -0.15) is 0 Å². The zero-order valence-electron chi connectivity index (χ0n) is 37.6. The number of allylic oxidation sites excluding steroid dienone is 4. The molecule has 318 valence electrons. The Bertz CT molecular complexity index is 2160. The highest BCUT2D eigenvalue weighted by Gasteiger charge is 2.20. The summed E-state index contributed by atoms with van der Waals surface area (Å²) in [5.41, 5.74) is 13.5. The van der Waals surface area contributed by atoms with E-state index in [-0.39, 0.29) is 0 Å². The van der Waals surface area contributed by atoms with Gasteiger partial charge in [-0.3, -0.25) is 9.97 Å². The van der Waals surface area contributed by atoms with Crippen LogP contribution >= 0.6 is 0 Å². The second-order valence-corrected chi connectivity index (χ2v) is 16.0. The maximum Gasteiger partial charge on any atom is 0.0892 e. The van der Waals surface area contributed by atoms with Crippen LogP contribution in [-0.4, -0.2) is 45.9 Å². The first kappa shape index (κ1) is 45.3. The molecule has 0 aliphatic carbocycles. The molecule has 0 bridgehead atoms. The molecule has 0 N–H and O–H groups in total. The van der Waals surface area contributed by atoms with E-state index < -0.39 is 0 Å². The first-order valence-corrected chi connectivity index (χ1v) is 23.1. The normalized spacial score (nSPS) is 12.4. The fourth-order valence-corrected chi connectivity index (χ4v) is 7.86. The molecule has 0 saturated heterocycles. The Kier molecular flexibility index (Phi) is 18.2. The third kappa shape index (κ3) is 12.9. The minimum absolute atomic E-state index is 0.845. The van der Waals surface area contributed by atoms with Gasteiger partial charge in [0.1, 0.15) is 0 Å². The van der Waals surface area contributed by atoms with Crippen LogP contribution in [0.25, 0.3) is 46.1 Å². The van der Waals surface area contributed by atoms with Crippen molar-refractivity contribution >= 4 is 34.7 Å². The molecule has 0 unspecified atom stereocenters. The SMILES string of the molecule is CCCCN(CCCC)C(=C(C=Cc1ccccc1)c1ccnc(-c2cc(C(C=Cc3ccccc3)=C(c3ccccc3)N(CCCC)CCCC)ccn2)c1)c1ccccc1. The lowest BCUT2D eigenvalue weighted by atomic mass is 9.95. The second kappa shape index (κ2) is 24.9. The Morgan fingerprint density at radius 2 is 0.726 bits per heavy atom. The third-order valence-corrected chi connectivity index (χ3v) is 11.3. The molecule has 0 amide bonds. The molecule has 4 heteroatoms. The van der Waals surface area contributed by atoms with Crippen molar-refractivity contribution in [3.8, 4) is 11.4 Å². The van der Waals surface area contributed by atoms with E-state index in [1.54, 1.807) is 0 Å². The van der Waals surface area contributed by atoms with Crippen LogP contribution in [0.4, 0.5) is 0 Å². The standard InChI is InChI=1S/C58H66N4/c1-5-9-41-61(42-10-6-2)57(49-29-21-15-22-30-49)53(35-33-47-25-17-13-18-26-47)51-37-39-59-55(45-51)56-46-52(38-40-60-56)54(36-34-48-27-19-14-20-28-48)58(50-31-23-16-24-32-50)62(43-11-7-3)44-12-8-4/h13-40,45-46H,5-12,41-44H2,1-4H3. The van der Waals surface area contributed by atoms with Gasteiger partial charge < -0.3 is 9.80 Å². The molecule has 2 heterocycles. The summed E-state index contributed by atoms with van der Waals surface area (Å²) in [6, 6.07) is 52.0. The molecule has 0 aliphatic heterocycles. The summed E-state index contributed by atoms with van der Waals surface area (Å²) in [5, 5.41) is 0. The fraction of sp³-hybridized carbons (Fsp3) is 0.276. The summed E-state index contributed by atoms with van der Waals surface area (Å²) in [7, 11) is 0. The minimum atomic E-state index is 0.845. The molecule has 4 aromatic carbocycles. The summed E-state index contributed by atoms with van der Waals surface area (Å²) in [5.74, 6) is 0. The lowest BCUT2D eigenvalue weighted by Gasteiger charge is -2.30. The van der Waals surface area contributed by atoms with Gasteiger partial charge in [0.25, 0.3) is 0 Å². The van der Waals surface area contributed by atoms with Crippen LogP contribution in [0.2, 0.25) is 0 Å². The Morgan fingerprint density at radius 1 is 0.403 bits per heavy atom. The van der Waals surface area contributed by atoms with Crippen molar-refractivity contribution in [1.29, 1.82) is 0 Å². The number of nitrogens with zero attached hydrogens (tertiary/aromatic N) is 4. The molecule has 0 atom stereocenters. The highest BCUT2D eigenvalue weighted by Crippen LogP contribution is 2.36. The van der Waals surface area contributed by atoms with E-state index in [0.717, 1.165) is 100 Å². The second-order valence-electron chi connectivity index (χ2n) is 16.0. The van der Waals surface area contributed by atoms with Crippen molar-refractivity contribution in [3.05, 3.63) is 204 Å². The van der Waals surface area contributed by atoms with Gasteiger partial charge in [0.15, 0.2) is 0 Å². The van der Waals surface area contributed by atoms with E-state index >= 15 is 0 Å². The van der Waals surface area contributed by atoms with E-state index in [2.05, 4.69) is 207 Å². The Hall–Kier alpha value is -6.26. The largest absolute Gasteiger partial charge is 0.371 e. The highest BCUT2D eigenvalue weighted by molar-refractivity contribution is 5.98. The summed E-state index contributed by atoms with van der Waals surface area (Å²) in [4.78, 5) is 15.3. The number of rotatable bonds is 23. The molecule has 0 saturated carbocycles. The van der Waals surface area contributed by atoms with Crippen molar-refractivity contribution in [2.75, 3.05) is 26.2 Å². The molecule has 6 aromatic rings. The van der Waals surface area contributed by atoms with E-state index in [0.29, 0.717) is 0 Å². The number of hydrogen-bond donors (Lipinski definition) is 0. The molecule has 4 nitrogen and oxygen atoms in total. The average molecular weight is 819 g/mol. The molecule has 6 rings (SSSR count). The predicted molar refractivity (Wildman–Crippen MR) is 268 cm³/mol. The van der Waals surface area contributed by atoms with Crippen LogP contribution in [0.5, 0.6) is 0 Å². The molecule has 2 aromatic heterocycles. The van der Waals surface area contributed by atoms with Crippen molar-refractivity contribution < 1.29 is 0 Å². The first-order valence-electron chi connectivity index (χ1n) is 23.1. The summed E-state index contributed by atoms with van der Waals surface area (Å²) in [6.07, 6.45) is 22.1. The molecule has 0 fully saturated rings. The number of benzene rings is 4. The number of pyridine rings is 2. The third-order valence-electron chi connectivity index (χ3n) is 11.3. The molecule has 62 heavy (non-hydrogen) atoms. The zero-order chi connectivity index (χ0) is 43.2. The van der Waals surface area contributed by atoms with Gasteiger partial charge >= 0.3 is 0 Å². The molecular formula is C58H66N4. The van der Waals surface area contributed by atoms with E-state index in [4.69, 9.17) is 9.97 Å². The van der Waals surface area contributed by atoms with Crippen LogP contribution < -0.4 is 0 Å². The quantitative estimate of drug-likeness (QED) is 0.0603. The lowest BCUT2D eigenvalue weighted by molar-refractivity contribution is 0.380. The van der Waals surface area contributed by atoms with Gasteiger partial charge in [0.2, 0.25) is 0 Å². The Morgan fingerprint density at radius 3 is 1.05 bits per heavy atom.